The predicted octanol–water partition coefficient (Wildman–Crippen LogP) is 4.24. The van der Waals surface area contributed by atoms with Crippen LogP contribution in [0.5, 0.6) is 0 Å². The lowest BCUT2D eigenvalue weighted by atomic mass is 9.84. The maximum absolute atomic E-state index is 12.5. The van der Waals surface area contributed by atoms with Crippen molar-refractivity contribution in [2.45, 2.75) is 38.6 Å². The molecule has 1 spiro atoms. The molecule has 5 rings (SSSR count). The molecule has 1 amide bonds. The van der Waals surface area contributed by atoms with Crippen LogP contribution in [0.3, 0.4) is 0 Å². The number of allylic oxidation sites excluding steroid dienone is 2. The van der Waals surface area contributed by atoms with Crippen molar-refractivity contribution in [3.63, 3.8) is 0 Å². The molecule has 2 N–H and O–H groups in total. The maximum atomic E-state index is 12.5. The van der Waals surface area contributed by atoms with E-state index in [0.29, 0.717) is 17.5 Å². The first kappa shape index (κ1) is 16.2. The molecule has 0 saturated heterocycles. The molecule has 0 bridgehead atoms. The van der Waals surface area contributed by atoms with E-state index in [4.69, 9.17) is 0 Å². The van der Waals surface area contributed by atoms with E-state index < -0.39 is 0 Å². The topological polar surface area (TPSA) is 70.7 Å². The molecule has 5 nitrogen and oxygen atoms in total. The Kier molecular flexibility index (Phi) is 3.81. The molecular formula is C22H22N4O. The quantitative estimate of drug-likeness (QED) is 0.733. The van der Waals surface area contributed by atoms with Gasteiger partial charge in [-0.05, 0) is 55.2 Å². The van der Waals surface area contributed by atoms with Gasteiger partial charge in [-0.1, -0.05) is 24.3 Å². The van der Waals surface area contributed by atoms with Crippen LogP contribution < -0.4 is 5.32 Å². The fraction of sp³-hybridized carbons (Fsp3) is 0.318. The Morgan fingerprint density at radius 3 is 2.89 bits per heavy atom. The van der Waals surface area contributed by atoms with E-state index in [1.165, 1.54) is 36.8 Å². The number of hydrogen-bond donors (Lipinski definition) is 2. The monoisotopic (exact) mass is 358 g/mol. The van der Waals surface area contributed by atoms with Gasteiger partial charge in [0.05, 0.1) is 23.3 Å². The molecule has 0 unspecified atom stereocenters. The number of benzene rings is 1. The van der Waals surface area contributed by atoms with Crippen LogP contribution in [-0.2, 0) is 6.54 Å². The SMILES string of the molecule is O=C(NCc1ccn[nH]1)c1cnc2c(C3=CCC4(CC3)CC4)cccc2c1. The highest BCUT2D eigenvalue weighted by molar-refractivity contribution is 5.99. The average molecular weight is 358 g/mol. The molecule has 0 aliphatic heterocycles. The zero-order chi connectivity index (χ0) is 18.3. The summed E-state index contributed by atoms with van der Waals surface area (Å²) in [6, 6.07) is 10.0. The Morgan fingerprint density at radius 2 is 2.15 bits per heavy atom. The Bertz CT molecular complexity index is 1030. The predicted molar refractivity (Wildman–Crippen MR) is 105 cm³/mol. The van der Waals surface area contributed by atoms with E-state index in [1.54, 1.807) is 12.4 Å². The first-order valence-electron chi connectivity index (χ1n) is 9.57. The van der Waals surface area contributed by atoms with Gasteiger partial charge in [0.25, 0.3) is 5.91 Å². The second-order valence-corrected chi connectivity index (χ2v) is 7.80. The lowest BCUT2D eigenvalue weighted by Gasteiger charge is -2.21. The summed E-state index contributed by atoms with van der Waals surface area (Å²) in [6.07, 6.45) is 12.2. The number of para-hydroxylation sites is 1. The number of aromatic amines is 1. The molecule has 1 aromatic carbocycles. The lowest BCUT2D eigenvalue weighted by molar-refractivity contribution is 0.0950. The minimum atomic E-state index is -0.128. The third-order valence-electron chi connectivity index (χ3n) is 5.98. The van der Waals surface area contributed by atoms with Gasteiger partial charge in [-0.25, -0.2) is 0 Å². The summed E-state index contributed by atoms with van der Waals surface area (Å²) in [4.78, 5) is 17.1. The largest absolute Gasteiger partial charge is 0.346 e. The number of H-pyrrole nitrogens is 1. The number of pyridine rings is 1. The summed E-state index contributed by atoms with van der Waals surface area (Å²) in [6.45, 7) is 0.422. The zero-order valence-electron chi connectivity index (χ0n) is 15.2. The number of nitrogens with one attached hydrogen (secondary N) is 2. The van der Waals surface area contributed by atoms with Gasteiger partial charge < -0.3 is 5.32 Å². The van der Waals surface area contributed by atoms with Gasteiger partial charge in [0.1, 0.15) is 0 Å². The van der Waals surface area contributed by atoms with E-state index >= 15 is 0 Å². The molecule has 2 aliphatic carbocycles. The summed E-state index contributed by atoms with van der Waals surface area (Å²) < 4.78 is 0. The highest BCUT2D eigenvalue weighted by atomic mass is 16.1. The highest BCUT2D eigenvalue weighted by Gasteiger charge is 2.42. The molecule has 3 aromatic rings. The Balaban J connectivity index is 1.39. The molecule has 2 aromatic heterocycles. The normalized spacial score (nSPS) is 17.7. The summed E-state index contributed by atoms with van der Waals surface area (Å²) in [5, 5.41) is 10.6. The van der Waals surface area contributed by atoms with Crippen molar-refractivity contribution in [1.29, 1.82) is 0 Å². The Morgan fingerprint density at radius 1 is 1.22 bits per heavy atom. The summed E-state index contributed by atoms with van der Waals surface area (Å²) in [5.74, 6) is -0.128. The van der Waals surface area contributed by atoms with Crippen molar-refractivity contribution in [2.24, 2.45) is 5.41 Å². The molecule has 2 aliphatic rings. The third kappa shape index (κ3) is 3.14. The van der Waals surface area contributed by atoms with E-state index in [-0.39, 0.29) is 5.91 Å². The van der Waals surface area contributed by atoms with Crippen molar-refractivity contribution < 1.29 is 4.79 Å². The van der Waals surface area contributed by atoms with Gasteiger partial charge in [0, 0.05) is 23.3 Å². The van der Waals surface area contributed by atoms with E-state index in [2.05, 4.69) is 38.7 Å². The van der Waals surface area contributed by atoms with Crippen molar-refractivity contribution in [3.05, 3.63) is 65.6 Å². The summed E-state index contributed by atoms with van der Waals surface area (Å²) >= 11 is 0. The van der Waals surface area contributed by atoms with Gasteiger partial charge in [0.2, 0.25) is 0 Å². The maximum Gasteiger partial charge on any atom is 0.253 e. The zero-order valence-corrected chi connectivity index (χ0v) is 15.2. The number of hydrogen-bond acceptors (Lipinski definition) is 3. The summed E-state index contributed by atoms with van der Waals surface area (Å²) in [5.41, 5.74) is 5.68. The van der Waals surface area contributed by atoms with E-state index in [9.17, 15) is 4.79 Å². The van der Waals surface area contributed by atoms with Crippen molar-refractivity contribution in [1.82, 2.24) is 20.5 Å². The smallest absolute Gasteiger partial charge is 0.253 e. The van der Waals surface area contributed by atoms with Gasteiger partial charge in [0.15, 0.2) is 0 Å². The van der Waals surface area contributed by atoms with Crippen LogP contribution in [0.1, 0.15) is 53.7 Å². The second-order valence-electron chi connectivity index (χ2n) is 7.80. The number of aromatic nitrogens is 3. The number of amides is 1. The molecule has 2 heterocycles. The number of carbonyl (C=O) groups is 1. The molecule has 136 valence electrons. The van der Waals surface area contributed by atoms with Crippen LogP contribution in [0.4, 0.5) is 0 Å². The highest BCUT2D eigenvalue weighted by Crippen LogP contribution is 2.56. The van der Waals surface area contributed by atoms with E-state index in [0.717, 1.165) is 23.0 Å². The number of nitrogens with zero attached hydrogens (tertiary/aromatic N) is 2. The van der Waals surface area contributed by atoms with Crippen molar-refractivity contribution in [2.75, 3.05) is 0 Å². The van der Waals surface area contributed by atoms with Crippen LogP contribution in [-0.4, -0.2) is 21.1 Å². The molecule has 27 heavy (non-hydrogen) atoms. The second kappa shape index (κ2) is 6.34. The van der Waals surface area contributed by atoms with Gasteiger partial charge in [-0.15, -0.1) is 0 Å². The fourth-order valence-electron chi connectivity index (χ4n) is 4.02. The number of carbonyl (C=O) groups excluding carboxylic acids is 1. The third-order valence-corrected chi connectivity index (χ3v) is 5.98. The molecule has 0 radical (unpaired) electrons. The number of rotatable bonds is 4. The van der Waals surface area contributed by atoms with Crippen LogP contribution in [0.15, 0.2) is 48.8 Å². The van der Waals surface area contributed by atoms with Gasteiger partial charge in [-0.3, -0.25) is 14.9 Å². The first-order valence-corrected chi connectivity index (χ1v) is 9.57. The Labute approximate surface area is 157 Å². The number of fused-ring (bicyclic) bond motifs is 1. The lowest BCUT2D eigenvalue weighted by Crippen LogP contribution is -2.23. The molecule has 1 fully saturated rings. The van der Waals surface area contributed by atoms with Crippen LogP contribution in [0, 0.1) is 5.41 Å². The van der Waals surface area contributed by atoms with Crippen molar-refractivity contribution >= 4 is 22.4 Å². The molecule has 5 heteroatoms. The van der Waals surface area contributed by atoms with Crippen LogP contribution in [0.2, 0.25) is 0 Å². The standard InChI is InChI=1S/C22H22N4O/c27-21(24-14-18-6-11-25-26-18)17-12-16-2-1-3-19(20(16)23-13-17)15-4-7-22(8-5-15)9-10-22/h1-4,6,11-13H,5,7-10,14H2,(H,24,27)(H,25,26). The minimum absolute atomic E-state index is 0.128. The van der Waals surface area contributed by atoms with Gasteiger partial charge >= 0.3 is 0 Å². The van der Waals surface area contributed by atoms with Crippen LogP contribution in [0.25, 0.3) is 16.5 Å². The van der Waals surface area contributed by atoms with Crippen molar-refractivity contribution in [3.8, 4) is 0 Å². The average Bonchev–Trinajstić information content (AvgIpc) is 3.25. The summed E-state index contributed by atoms with van der Waals surface area (Å²) in [7, 11) is 0. The molecule has 1 saturated carbocycles. The molecular weight excluding hydrogens is 336 g/mol. The minimum Gasteiger partial charge on any atom is -0.346 e. The van der Waals surface area contributed by atoms with Crippen LogP contribution >= 0.6 is 0 Å². The first-order chi connectivity index (χ1) is 13.2. The Hall–Kier alpha value is -2.95. The molecule has 0 atom stereocenters. The fourth-order valence-corrected chi connectivity index (χ4v) is 4.02. The van der Waals surface area contributed by atoms with E-state index in [1.807, 2.05) is 18.2 Å². The van der Waals surface area contributed by atoms with Gasteiger partial charge in [-0.2, -0.15) is 5.10 Å².